The molecule has 0 spiro atoms. The number of amides is 2. The molecule has 2 aliphatic heterocycles. The van der Waals surface area contributed by atoms with Crippen LogP contribution in [0.2, 0.25) is 10.0 Å². The van der Waals surface area contributed by atoms with Crippen LogP contribution in [0, 0.1) is 5.41 Å². The number of piperazine rings is 1. The van der Waals surface area contributed by atoms with Gasteiger partial charge < -0.3 is 24.8 Å². The molecule has 2 aromatic carbocycles. The minimum Gasteiger partial charge on any atom is -0.450 e. The first kappa shape index (κ1) is 28.3. The molecule has 1 aliphatic carbocycles. The first-order valence-corrected chi connectivity index (χ1v) is 14.4. The van der Waals surface area contributed by atoms with Crippen molar-refractivity contribution < 1.29 is 19.1 Å². The quantitative estimate of drug-likeness (QED) is 0.481. The molecule has 40 heavy (non-hydrogen) atoms. The molecule has 1 N–H and O–H groups in total. The molecule has 0 bridgehead atoms. The van der Waals surface area contributed by atoms with Crippen LogP contribution in [0.15, 0.2) is 53.7 Å². The summed E-state index contributed by atoms with van der Waals surface area (Å²) in [6, 6.07) is 12.5. The molecule has 3 aliphatic rings. The summed E-state index contributed by atoms with van der Waals surface area (Å²) in [5.74, 6) is -0.0656. The van der Waals surface area contributed by atoms with Gasteiger partial charge in [-0.05, 0) is 48.6 Å². The van der Waals surface area contributed by atoms with Gasteiger partial charge in [0.05, 0.1) is 30.6 Å². The summed E-state index contributed by atoms with van der Waals surface area (Å²) >= 11 is 13.1. The number of allylic oxidation sites excluding steroid dienone is 1. The maximum atomic E-state index is 13.9. The van der Waals surface area contributed by atoms with Crippen LogP contribution in [0.5, 0.6) is 0 Å². The van der Waals surface area contributed by atoms with Crippen molar-refractivity contribution >= 4 is 52.4 Å². The fourth-order valence-corrected chi connectivity index (χ4v) is 6.38. The molecule has 212 valence electrons. The van der Waals surface area contributed by atoms with Gasteiger partial charge in [-0.15, -0.1) is 0 Å². The predicted molar refractivity (Wildman–Crippen MR) is 157 cm³/mol. The van der Waals surface area contributed by atoms with Gasteiger partial charge in [-0.3, -0.25) is 9.59 Å². The van der Waals surface area contributed by atoms with Crippen LogP contribution in [0.4, 0.5) is 16.2 Å². The Bertz CT molecular complexity index is 1370. The summed E-state index contributed by atoms with van der Waals surface area (Å²) in [7, 11) is 0. The van der Waals surface area contributed by atoms with Crippen molar-refractivity contribution in [3.05, 3.63) is 69.3 Å². The highest BCUT2D eigenvalue weighted by atomic mass is 35.5. The van der Waals surface area contributed by atoms with Crippen molar-refractivity contribution in [1.29, 1.82) is 0 Å². The van der Waals surface area contributed by atoms with Gasteiger partial charge in [0.1, 0.15) is 0 Å². The second-order valence-electron chi connectivity index (χ2n) is 11.2. The molecule has 10 heteroatoms. The summed E-state index contributed by atoms with van der Waals surface area (Å²) < 4.78 is 5.12. The number of ketones is 1. The first-order valence-electron chi connectivity index (χ1n) is 13.6. The normalized spacial score (nSPS) is 20.4. The lowest BCUT2D eigenvalue weighted by Crippen LogP contribution is -2.53. The molecule has 5 rings (SSSR count). The summed E-state index contributed by atoms with van der Waals surface area (Å²) in [5, 5.41) is 4.48. The standard InChI is InChI=1S/C30H34Cl2N4O4/c1-4-40-29(39)35-13-11-34(12-14-35)26(38)18-36-24-8-6-5-7-22(24)33-23-16-30(2,3)17-25(37)27(23)28(36)20-10-9-19(31)15-21(20)32/h5-10,15,28,33H,4,11-14,16-18H2,1-3H3. The highest BCUT2D eigenvalue weighted by Crippen LogP contribution is 2.49. The Balaban J connectivity index is 1.55. The third kappa shape index (κ3) is 5.65. The first-order chi connectivity index (χ1) is 19.1. The molecule has 1 saturated heterocycles. The number of nitrogens with zero attached hydrogens (tertiary/aromatic N) is 3. The number of nitrogens with one attached hydrogen (secondary N) is 1. The lowest BCUT2D eigenvalue weighted by Gasteiger charge is -2.40. The zero-order valence-electron chi connectivity index (χ0n) is 23.0. The summed E-state index contributed by atoms with van der Waals surface area (Å²) in [5.41, 5.74) is 3.60. The Morgan fingerprint density at radius 2 is 1.73 bits per heavy atom. The molecule has 1 atom stereocenters. The number of anilines is 2. The second kappa shape index (κ2) is 11.3. The molecule has 2 aromatic rings. The van der Waals surface area contributed by atoms with Crippen molar-refractivity contribution in [1.82, 2.24) is 9.80 Å². The molecule has 0 radical (unpaired) electrons. The van der Waals surface area contributed by atoms with Gasteiger partial charge in [-0.2, -0.15) is 0 Å². The molecule has 1 fully saturated rings. The van der Waals surface area contributed by atoms with E-state index in [0.717, 1.165) is 17.1 Å². The van der Waals surface area contributed by atoms with Gasteiger partial charge in [0, 0.05) is 53.9 Å². The molecular formula is C30H34Cl2N4O4. The van der Waals surface area contributed by atoms with Crippen molar-refractivity contribution in [2.45, 2.75) is 39.7 Å². The van der Waals surface area contributed by atoms with Gasteiger partial charge >= 0.3 is 6.09 Å². The zero-order chi connectivity index (χ0) is 28.6. The smallest absolute Gasteiger partial charge is 0.409 e. The maximum absolute atomic E-state index is 13.9. The van der Waals surface area contributed by atoms with Crippen LogP contribution in [-0.4, -0.2) is 66.9 Å². The fraction of sp³-hybridized carbons (Fsp3) is 0.433. The predicted octanol–water partition coefficient (Wildman–Crippen LogP) is 5.91. The summed E-state index contributed by atoms with van der Waals surface area (Å²) in [4.78, 5) is 45.2. The number of carbonyl (C=O) groups excluding carboxylic acids is 3. The minimum absolute atomic E-state index is 0.0230. The Morgan fingerprint density at radius 1 is 1.02 bits per heavy atom. The lowest BCUT2D eigenvalue weighted by molar-refractivity contribution is -0.131. The molecule has 2 heterocycles. The van der Waals surface area contributed by atoms with Gasteiger partial charge in [0.2, 0.25) is 5.91 Å². The largest absolute Gasteiger partial charge is 0.450 e. The van der Waals surface area contributed by atoms with Crippen LogP contribution >= 0.6 is 23.2 Å². The van der Waals surface area contributed by atoms with Gasteiger partial charge in [-0.1, -0.05) is 55.2 Å². The van der Waals surface area contributed by atoms with E-state index in [-0.39, 0.29) is 29.7 Å². The van der Waals surface area contributed by atoms with Crippen LogP contribution in [-0.2, 0) is 14.3 Å². The summed E-state index contributed by atoms with van der Waals surface area (Å²) in [6.45, 7) is 7.89. The molecule has 0 aromatic heterocycles. The third-order valence-corrected chi connectivity index (χ3v) is 8.29. The average molecular weight is 586 g/mol. The average Bonchev–Trinajstić information content (AvgIpc) is 3.03. The molecule has 0 saturated carbocycles. The number of ether oxygens (including phenoxy) is 1. The van der Waals surface area contributed by atoms with E-state index in [9.17, 15) is 14.4 Å². The topological polar surface area (TPSA) is 82.2 Å². The van der Waals surface area contributed by atoms with E-state index in [2.05, 4.69) is 19.2 Å². The summed E-state index contributed by atoms with van der Waals surface area (Å²) in [6.07, 6.45) is 0.711. The van der Waals surface area contributed by atoms with Crippen LogP contribution < -0.4 is 10.2 Å². The monoisotopic (exact) mass is 584 g/mol. The van der Waals surface area contributed by atoms with Crippen LogP contribution in [0.25, 0.3) is 0 Å². The van der Waals surface area contributed by atoms with Gasteiger partial charge in [0.25, 0.3) is 0 Å². The van der Waals surface area contributed by atoms with Crippen molar-refractivity contribution in [2.24, 2.45) is 5.41 Å². The Hall–Kier alpha value is -3.23. The zero-order valence-corrected chi connectivity index (χ0v) is 24.5. The number of Topliss-reactive ketones (excluding diaryl/α,β-unsaturated/α-hetero) is 1. The number of carbonyl (C=O) groups is 3. The SMILES string of the molecule is CCOC(=O)N1CCN(C(=O)CN2c3ccccc3NC3=C(C(=O)CC(C)(C)C3)C2c2ccc(Cl)cc2Cl)CC1. The van der Waals surface area contributed by atoms with E-state index in [1.54, 1.807) is 28.9 Å². The number of fused-ring (bicyclic) bond motifs is 1. The molecule has 8 nitrogen and oxygen atoms in total. The highest BCUT2D eigenvalue weighted by Gasteiger charge is 2.43. The van der Waals surface area contributed by atoms with Crippen molar-refractivity contribution in [2.75, 3.05) is 49.5 Å². The third-order valence-electron chi connectivity index (χ3n) is 7.73. The number of para-hydroxylation sites is 2. The minimum atomic E-state index is -0.593. The molecular weight excluding hydrogens is 551 g/mol. The van der Waals surface area contributed by atoms with Crippen molar-refractivity contribution in [3.63, 3.8) is 0 Å². The van der Waals surface area contributed by atoms with Crippen LogP contribution in [0.1, 0.15) is 45.2 Å². The number of benzene rings is 2. The van der Waals surface area contributed by atoms with E-state index in [1.165, 1.54) is 0 Å². The second-order valence-corrected chi connectivity index (χ2v) is 12.1. The van der Waals surface area contributed by atoms with Gasteiger partial charge in [0.15, 0.2) is 5.78 Å². The molecule has 2 amide bonds. The lowest BCUT2D eigenvalue weighted by atomic mass is 9.73. The van der Waals surface area contributed by atoms with E-state index in [4.69, 9.17) is 27.9 Å². The van der Waals surface area contributed by atoms with Crippen molar-refractivity contribution in [3.8, 4) is 0 Å². The van der Waals surface area contributed by atoms with E-state index >= 15 is 0 Å². The Morgan fingerprint density at radius 3 is 2.42 bits per heavy atom. The Labute approximate surface area is 244 Å². The highest BCUT2D eigenvalue weighted by molar-refractivity contribution is 6.35. The number of rotatable bonds is 4. The van der Waals surface area contributed by atoms with Crippen LogP contribution in [0.3, 0.4) is 0 Å². The Kier molecular flexibility index (Phi) is 8.02. The van der Waals surface area contributed by atoms with E-state index < -0.39 is 6.04 Å². The van der Waals surface area contributed by atoms with E-state index in [0.29, 0.717) is 66.8 Å². The van der Waals surface area contributed by atoms with Gasteiger partial charge in [-0.25, -0.2) is 4.79 Å². The number of hydrogen-bond acceptors (Lipinski definition) is 6. The fourth-order valence-electron chi connectivity index (χ4n) is 5.87. The number of hydrogen-bond donors (Lipinski definition) is 1. The van der Waals surface area contributed by atoms with E-state index in [1.807, 2.05) is 35.2 Å². The number of halogens is 2. The molecule has 1 unspecified atom stereocenters. The maximum Gasteiger partial charge on any atom is 0.409 e.